The van der Waals surface area contributed by atoms with Crippen molar-refractivity contribution in [3.8, 4) is 5.75 Å². The molecule has 128 valence electrons. The second kappa shape index (κ2) is 5.88. The zero-order chi connectivity index (χ0) is 16.7. The highest BCUT2D eigenvalue weighted by Crippen LogP contribution is 2.41. The van der Waals surface area contributed by atoms with Gasteiger partial charge in [-0.25, -0.2) is 9.97 Å². The SMILES string of the molecule is COc1ccc2c(C)nc(N3CCC4(CCN(C)CC4)C3)nc2c1. The van der Waals surface area contributed by atoms with Gasteiger partial charge in [-0.1, -0.05) is 0 Å². The molecule has 24 heavy (non-hydrogen) atoms. The molecule has 1 spiro atoms. The Morgan fingerprint density at radius 1 is 1.08 bits per heavy atom. The van der Waals surface area contributed by atoms with Gasteiger partial charge < -0.3 is 14.5 Å². The zero-order valence-corrected chi connectivity index (χ0v) is 14.9. The van der Waals surface area contributed by atoms with Gasteiger partial charge >= 0.3 is 0 Å². The Hall–Kier alpha value is -1.88. The lowest BCUT2D eigenvalue weighted by molar-refractivity contribution is 0.142. The van der Waals surface area contributed by atoms with Gasteiger partial charge in [0.15, 0.2) is 0 Å². The van der Waals surface area contributed by atoms with Gasteiger partial charge in [0.2, 0.25) is 5.95 Å². The van der Waals surface area contributed by atoms with Gasteiger partial charge in [-0.05, 0) is 63.9 Å². The number of likely N-dealkylation sites (tertiary alicyclic amines) is 1. The summed E-state index contributed by atoms with van der Waals surface area (Å²) in [5, 5.41) is 1.10. The van der Waals surface area contributed by atoms with E-state index in [9.17, 15) is 0 Å². The molecular formula is C19H26N4O. The molecule has 2 saturated heterocycles. The Labute approximate surface area is 143 Å². The van der Waals surface area contributed by atoms with Gasteiger partial charge in [0.05, 0.1) is 18.3 Å². The molecule has 0 N–H and O–H groups in total. The number of hydrogen-bond acceptors (Lipinski definition) is 5. The highest BCUT2D eigenvalue weighted by atomic mass is 16.5. The molecule has 1 aromatic carbocycles. The maximum atomic E-state index is 5.35. The molecule has 3 heterocycles. The molecule has 4 rings (SSSR count). The number of ether oxygens (including phenoxy) is 1. The van der Waals surface area contributed by atoms with Crippen LogP contribution in [0.5, 0.6) is 5.75 Å². The average Bonchev–Trinajstić information content (AvgIpc) is 3.01. The van der Waals surface area contributed by atoms with Crippen LogP contribution in [0, 0.1) is 12.3 Å². The number of piperidine rings is 1. The van der Waals surface area contributed by atoms with Gasteiger partial charge in [0, 0.05) is 24.5 Å². The maximum Gasteiger partial charge on any atom is 0.226 e. The number of hydrogen-bond donors (Lipinski definition) is 0. The summed E-state index contributed by atoms with van der Waals surface area (Å²) in [5.41, 5.74) is 2.48. The Balaban J connectivity index is 1.62. The summed E-state index contributed by atoms with van der Waals surface area (Å²) >= 11 is 0. The van der Waals surface area contributed by atoms with Crippen LogP contribution in [0.4, 0.5) is 5.95 Å². The van der Waals surface area contributed by atoms with Crippen molar-refractivity contribution in [2.24, 2.45) is 5.41 Å². The van der Waals surface area contributed by atoms with Crippen molar-refractivity contribution >= 4 is 16.9 Å². The summed E-state index contributed by atoms with van der Waals surface area (Å²) < 4.78 is 5.35. The third kappa shape index (κ3) is 2.71. The number of nitrogens with zero attached hydrogens (tertiary/aromatic N) is 4. The normalized spacial score (nSPS) is 20.9. The first-order valence-electron chi connectivity index (χ1n) is 8.84. The summed E-state index contributed by atoms with van der Waals surface area (Å²) in [4.78, 5) is 14.5. The van der Waals surface area contributed by atoms with Crippen LogP contribution < -0.4 is 9.64 Å². The molecule has 0 bridgehead atoms. The van der Waals surface area contributed by atoms with E-state index in [1.165, 1.54) is 32.4 Å². The van der Waals surface area contributed by atoms with Gasteiger partial charge in [-0.15, -0.1) is 0 Å². The van der Waals surface area contributed by atoms with Crippen LogP contribution >= 0.6 is 0 Å². The lowest BCUT2D eigenvalue weighted by atomic mass is 9.78. The van der Waals surface area contributed by atoms with Crippen LogP contribution in [0.3, 0.4) is 0 Å². The molecule has 2 aliphatic heterocycles. The van der Waals surface area contributed by atoms with Crippen LogP contribution in [-0.4, -0.2) is 55.2 Å². The molecule has 2 fully saturated rings. The highest BCUT2D eigenvalue weighted by molar-refractivity contribution is 5.83. The van der Waals surface area contributed by atoms with Crippen molar-refractivity contribution < 1.29 is 4.74 Å². The minimum absolute atomic E-state index is 0.465. The lowest BCUT2D eigenvalue weighted by Gasteiger charge is -2.37. The lowest BCUT2D eigenvalue weighted by Crippen LogP contribution is -2.39. The molecule has 0 saturated carbocycles. The van der Waals surface area contributed by atoms with Crippen LogP contribution in [0.25, 0.3) is 10.9 Å². The van der Waals surface area contributed by atoms with Crippen molar-refractivity contribution in [2.45, 2.75) is 26.2 Å². The molecule has 0 radical (unpaired) electrons. The summed E-state index contributed by atoms with van der Waals surface area (Å²) in [6.45, 7) is 6.65. The molecule has 1 aromatic heterocycles. The van der Waals surface area contributed by atoms with E-state index in [1.54, 1.807) is 7.11 Å². The van der Waals surface area contributed by atoms with Crippen LogP contribution in [0.15, 0.2) is 18.2 Å². The summed E-state index contributed by atoms with van der Waals surface area (Å²) in [7, 11) is 3.92. The number of fused-ring (bicyclic) bond motifs is 1. The number of rotatable bonds is 2. The van der Waals surface area contributed by atoms with Crippen molar-refractivity contribution in [3.05, 3.63) is 23.9 Å². The third-order valence-electron chi connectivity index (χ3n) is 5.85. The quantitative estimate of drug-likeness (QED) is 0.849. The Bertz CT molecular complexity index is 752. The smallest absolute Gasteiger partial charge is 0.226 e. The third-order valence-corrected chi connectivity index (χ3v) is 5.85. The number of methoxy groups -OCH3 is 1. The van der Waals surface area contributed by atoms with Gasteiger partial charge in [-0.2, -0.15) is 0 Å². The monoisotopic (exact) mass is 326 g/mol. The number of aromatic nitrogens is 2. The minimum Gasteiger partial charge on any atom is -0.497 e. The van der Waals surface area contributed by atoms with E-state index in [0.29, 0.717) is 5.41 Å². The molecule has 0 amide bonds. The molecule has 0 atom stereocenters. The fourth-order valence-corrected chi connectivity index (χ4v) is 4.13. The number of aryl methyl sites for hydroxylation is 1. The molecule has 2 aliphatic rings. The standard InChI is InChI=1S/C19H26N4O/c1-14-16-5-4-15(24-3)12-17(16)21-18(20-14)23-11-8-19(13-23)6-9-22(2)10-7-19/h4-5,12H,6-11,13H2,1-3H3. The first kappa shape index (κ1) is 15.6. The first-order valence-corrected chi connectivity index (χ1v) is 8.84. The largest absolute Gasteiger partial charge is 0.497 e. The fourth-order valence-electron chi connectivity index (χ4n) is 4.13. The van der Waals surface area contributed by atoms with Crippen molar-refractivity contribution in [3.63, 3.8) is 0 Å². The summed E-state index contributed by atoms with van der Waals surface area (Å²) in [5.74, 6) is 1.73. The molecule has 5 nitrogen and oxygen atoms in total. The molecule has 0 aliphatic carbocycles. The van der Waals surface area contributed by atoms with E-state index in [-0.39, 0.29) is 0 Å². The molecular weight excluding hydrogens is 300 g/mol. The second-order valence-electron chi connectivity index (χ2n) is 7.47. The molecule has 5 heteroatoms. The zero-order valence-electron chi connectivity index (χ0n) is 14.9. The number of anilines is 1. The van der Waals surface area contributed by atoms with Crippen LogP contribution in [0.2, 0.25) is 0 Å². The number of benzene rings is 1. The molecule has 0 unspecified atom stereocenters. The maximum absolute atomic E-state index is 5.35. The predicted octanol–water partition coefficient (Wildman–Crippen LogP) is 2.87. The predicted molar refractivity (Wildman–Crippen MR) is 96.8 cm³/mol. The van der Waals surface area contributed by atoms with E-state index in [2.05, 4.69) is 29.8 Å². The van der Waals surface area contributed by atoms with E-state index >= 15 is 0 Å². The van der Waals surface area contributed by atoms with Gasteiger partial charge in [-0.3, -0.25) is 0 Å². The Morgan fingerprint density at radius 2 is 1.83 bits per heavy atom. The summed E-state index contributed by atoms with van der Waals surface area (Å²) in [6.07, 6.45) is 3.85. The average molecular weight is 326 g/mol. The van der Waals surface area contributed by atoms with Crippen LogP contribution in [-0.2, 0) is 0 Å². The van der Waals surface area contributed by atoms with E-state index < -0.39 is 0 Å². The first-order chi connectivity index (χ1) is 11.6. The van der Waals surface area contributed by atoms with Crippen LogP contribution in [0.1, 0.15) is 25.0 Å². The fraction of sp³-hybridized carbons (Fsp3) is 0.579. The second-order valence-corrected chi connectivity index (χ2v) is 7.47. The topological polar surface area (TPSA) is 41.5 Å². The van der Waals surface area contributed by atoms with Crippen molar-refractivity contribution in [1.82, 2.24) is 14.9 Å². The highest BCUT2D eigenvalue weighted by Gasteiger charge is 2.40. The van der Waals surface area contributed by atoms with Gasteiger partial charge in [0.1, 0.15) is 5.75 Å². The van der Waals surface area contributed by atoms with E-state index in [0.717, 1.165) is 41.4 Å². The molecule has 2 aromatic rings. The summed E-state index contributed by atoms with van der Waals surface area (Å²) in [6, 6.07) is 6.03. The van der Waals surface area contributed by atoms with E-state index in [1.807, 2.05) is 12.1 Å². The van der Waals surface area contributed by atoms with Gasteiger partial charge in [0.25, 0.3) is 0 Å². The Kier molecular flexibility index (Phi) is 3.83. The Morgan fingerprint density at radius 3 is 2.58 bits per heavy atom. The van der Waals surface area contributed by atoms with Crippen molar-refractivity contribution in [1.29, 1.82) is 0 Å². The minimum atomic E-state index is 0.465. The van der Waals surface area contributed by atoms with Crippen molar-refractivity contribution in [2.75, 3.05) is 45.2 Å². The van der Waals surface area contributed by atoms with E-state index in [4.69, 9.17) is 14.7 Å².